The summed E-state index contributed by atoms with van der Waals surface area (Å²) in [4.78, 5) is 0. The summed E-state index contributed by atoms with van der Waals surface area (Å²) in [7, 11) is 0. The second-order valence-electron chi connectivity index (χ2n) is 4.87. The lowest BCUT2D eigenvalue weighted by Crippen LogP contribution is -2.49. The summed E-state index contributed by atoms with van der Waals surface area (Å²) >= 11 is 7.49. The van der Waals surface area contributed by atoms with E-state index in [1.807, 2.05) is 29.6 Å². The lowest BCUT2D eigenvalue weighted by Gasteiger charge is -2.35. The molecule has 1 saturated heterocycles. The molecule has 1 heterocycles. The van der Waals surface area contributed by atoms with Crippen molar-refractivity contribution in [1.82, 2.24) is 5.43 Å². The van der Waals surface area contributed by atoms with Crippen molar-refractivity contribution in [3.05, 3.63) is 34.1 Å². The average Bonchev–Trinajstić information content (AvgIpc) is 2.46. The standard InChI is InChI=1S/C14H20BrFN2S2/c1-2-13-14(20-6-5-19-13)12(18-17)7-9-3-4-10(16)8-11(9)15/h3-4,8,12-14,18H,2,5-7,17H2,1H3. The summed E-state index contributed by atoms with van der Waals surface area (Å²) in [5.41, 5.74) is 4.08. The quantitative estimate of drug-likeness (QED) is 0.606. The molecule has 0 amide bonds. The Hall–Kier alpha value is 0.250. The molecule has 1 aliphatic heterocycles. The van der Waals surface area contributed by atoms with Crippen LogP contribution in [0.4, 0.5) is 4.39 Å². The predicted octanol–water partition coefficient (Wildman–Crippen LogP) is 3.59. The van der Waals surface area contributed by atoms with Gasteiger partial charge in [0.05, 0.1) is 0 Å². The molecule has 112 valence electrons. The number of rotatable bonds is 5. The van der Waals surface area contributed by atoms with Gasteiger partial charge in [0.1, 0.15) is 5.82 Å². The number of hydrogen-bond acceptors (Lipinski definition) is 4. The molecule has 1 fully saturated rings. The van der Waals surface area contributed by atoms with Crippen LogP contribution in [0.2, 0.25) is 0 Å². The summed E-state index contributed by atoms with van der Waals surface area (Å²) < 4.78 is 14.0. The monoisotopic (exact) mass is 378 g/mol. The van der Waals surface area contributed by atoms with Gasteiger partial charge < -0.3 is 0 Å². The van der Waals surface area contributed by atoms with Crippen molar-refractivity contribution in [2.24, 2.45) is 5.84 Å². The van der Waals surface area contributed by atoms with E-state index < -0.39 is 0 Å². The number of halogens is 2. The zero-order valence-corrected chi connectivity index (χ0v) is 14.7. The topological polar surface area (TPSA) is 38.0 Å². The van der Waals surface area contributed by atoms with Crippen molar-refractivity contribution in [3.63, 3.8) is 0 Å². The van der Waals surface area contributed by atoms with Gasteiger partial charge in [0.2, 0.25) is 0 Å². The Balaban J connectivity index is 2.11. The van der Waals surface area contributed by atoms with Crippen LogP contribution in [0.1, 0.15) is 18.9 Å². The molecule has 0 spiro atoms. The molecule has 2 nitrogen and oxygen atoms in total. The third-order valence-electron chi connectivity index (χ3n) is 3.56. The van der Waals surface area contributed by atoms with Gasteiger partial charge in [-0.25, -0.2) is 4.39 Å². The van der Waals surface area contributed by atoms with E-state index in [9.17, 15) is 4.39 Å². The Bertz CT molecular complexity index is 447. The van der Waals surface area contributed by atoms with Crippen LogP contribution >= 0.6 is 39.5 Å². The average molecular weight is 379 g/mol. The number of nitrogens with one attached hydrogen (secondary N) is 1. The highest BCUT2D eigenvalue weighted by atomic mass is 79.9. The first kappa shape index (κ1) is 16.6. The second-order valence-corrected chi connectivity index (χ2v) is 8.35. The van der Waals surface area contributed by atoms with Gasteiger partial charge in [0.25, 0.3) is 0 Å². The summed E-state index contributed by atoms with van der Waals surface area (Å²) in [5, 5.41) is 1.13. The van der Waals surface area contributed by atoms with Crippen LogP contribution in [0.25, 0.3) is 0 Å². The molecule has 0 bridgehead atoms. The normalized spacial score (nSPS) is 24.6. The molecule has 0 radical (unpaired) electrons. The van der Waals surface area contributed by atoms with E-state index in [1.54, 1.807) is 0 Å². The highest BCUT2D eigenvalue weighted by molar-refractivity contribution is 9.10. The Morgan fingerprint density at radius 1 is 1.45 bits per heavy atom. The fourth-order valence-electron chi connectivity index (χ4n) is 2.51. The van der Waals surface area contributed by atoms with E-state index in [1.165, 1.54) is 23.6 Å². The van der Waals surface area contributed by atoms with Crippen LogP contribution in [0.3, 0.4) is 0 Å². The SMILES string of the molecule is CCC1SCCSC1C(Cc1ccc(F)cc1Br)NN. The fraction of sp³-hybridized carbons (Fsp3) is 0.571. The minimum Gasteiger partial charge on any atom is -0.271 e. The molecule has 0 aromatic heterocycles. The number of thioether (sulfide) groups is 2. The largest absolute Gasteiger partial charge is 0.271 e. The van der Waals surface area contributed by atoms with Gasteiger partial charge >= 0.3 is 0 Å². The van der Waals surface area contributed by atoms with Gasteiger partial charge in [0.15, 0.2) is 0 Å². The summed E-state index contributed by atoms with van der Waals surface area (Å²) in [6, 6.07) is 5.07. The molecule has 20 heavy (non-hydrogen) atoms. The minimum absolute atomic E-state index is 0.208. The molecular weight excluding hydrogens is 359 g/mol. The van der Waals surface area contributed by atoms with E-state index in [0.29, 0.717) is 10.5 Å². The Labute approximate surface area is 136 Å². The lowest BCUT2D eigenvalue weighted by molar-refractivity contribution is 0.489. The Kier molecular flexibility index (Phi) is 6.68. The zero-order chi connectivity index (χ0) is 14.5. The van der Waals surface area contributed by atoms with Crippen molar-refractivity contribution in [2.45, 2.75) is 36.3 Å². The van der Waals surface area contributed by atoms with Crippen molar-refractivity contribution in [2.75, 3.05) is 11.5 Å². The van der Waals surface area contributed by atoms with E-state index in [0.717, 1.165) is 22.9 Å². The molecule has 6 heteroatoms. The van der Waals surface area contributed by atoms with E-state index in [4.69, 9.17) is 5.84 Å². The maximum atomic E-state index is 13.2. The molecule has 2 rings (SSSR count). The van der Waals surface area contributed by atoms with Crippen LogP contribution in [-0.2, 0) is 6.42 Å². The molecule has 3 N–H and O–H groups in total. The number of benzene rings is 1. The van der Waals surface area contributed by atoms with Crippen LogP contribution < -0.4 is 11.3 Å². The van der Waals surface area contributed by atoms with Crippen molar-refractivity contribution in [1.29, 1.82) is 0 Å². The van der Waals surface area contributed by atoms with Gasteiger partial charge in [-0.2, -0.15) is 23.5 Å². The fourth-order valence-corrected chi connectivity index (χ4v) is 6.26. The van der Waals surface area contributed by atoms with Crippen LogP contribution in [-0.4, -0.2) is 28.0 Å². The Morgan fingerprint density at radius 3 is 2.85 bits per heavy atom. The predicted molar refractivity (Wildman–Crippen MR) is 91.7 cm³/mol. The maximum Gasteiger partial charge on any atom is 0.124 e. The maximum absolute atomic E-state index is 13.2. The highest BCUT2D eigenvalue weighted by Gasteiger charge is 2.31. The molecule has 1 aromatic rings. The third kappa shape index (κ3) is 4.13. The number of nitrogens with two attached hydrogens (primary N) is 1. The van der Waals surface area contributed by atoms with E-state index >= 15 is 0 Å². The summed E-state index contributed by atoms with van der Waals surface area (Å²) in [6.07, 6.45) is 1.97. The first-order chi connectivity index (χ1) is 9.65. The van der Waals surface area contributed by atoms with Crippen molar-refractivity contribution < 1.29 is 4.39 Å². The van der Waals surface area contributed by atoms with Gasteiger partial charge in [-0.3, -0.25) is 11.3 Å². The Morgan fingerprint density at radius 2 is 2.20 bits per heavy atom. The number of hydrazine groups is 1. The molecule has 0 saturated carbocycles. The molecule has 1 aliphatic rings. The van der Waals surface area contributed by atoms with Gasteiger partial charge in [-0.15, -0.1) is 0 Å². The van der Waals surface area contributed by atoms with Crippen molar-refractivity contribution >= 4 is 39.5 Å². The summed E-state index contributed by atoms with van der Waals surface area (Å²) in [5.74, 6) is 7.97. The zero-order valence-electron chi connectivity index (χ0n) is 11.4. The summed E-state index contributed by atoms with van der Waals surface area (Å²) in [6.45, 7) is 2.23. The molecule has 3 unspecified atom stereocenters. The van der Waals surface area contributed by atoms with E-state index in [2.05, 4.69) is 28.3 Å². The van der Waals surface area contributed by atoms with Crippen LogP contribution in [0.15, 0.2) is 22.7 Å². The molecular formula is C14H20BrFN2S2. The number of hydrogen-bond donors (Lipinski definition) is 2. The van der Waals surface area contributed by atoms with Crippen molar-refractivity contribution in [3.8, 4) is 0 Å². The second kappa shape index (κ2) is 8.03. The first-order valence-corrected chi connectivity index (χ1v) is 9.68. The van der Waals surface area contributed by atoms with Gasteiger partial charge in [0, 0.05) is 32.5 Å². The first-order valence-electron chi connectivity index (χ1n) is 6.79. The van der Waals surface area contributed by atoms with Gasteiger partial charge in [-0.1, -0.05) is 28.9 Å². The lowest BCUT2D eigenvalue weighted by atomic mass is 10.0. The van der Waals surface area contributed by atoms with Crippen LogP contribution in [0.5, 0.6) is 0 Å². The van der Waals surface area contributed by atoms with Crippen LogP contribution in [0, 0.1) is 5.82 Å². The molecule has 1 aromatic carbocycles. The highest BCUT2D eigenvalue weighted by Crippen LogP contribution is 2.36. The molecule has 3 atom stereocenters. The third-order valence-corrected chi connectivity index (χ3v) is 7.71. The minimum atomic E-state index is -0.216. The van der Waals surface area contributed by atoms with Gasteiger partial charge in [-0.05, 0) is 30.5 Å². The van der Waals surface area contributed by atoms with E-state index in [-0.39, 0.29) is 11.9 Å². The molecule has 0 aliphatic carbocycles. The smallest absolute Gasteiger partial charge is 0.124 e.